The van der Waals surface area contributed by atoms with Crippen molar-refractivity contribution in [2.24, 2.45) is 0 Å². The molecule has 6 heteroatoms. The first-order chi connectivity index (χ1) is 12.6. The molecular formula is C21H27N2O3P. The van der Waals surface area contributed by atoms with Crippen LogP contribution in [0.25, 0.3) is 0 Å². The van der Waals surface area contributed by atoms with Gasteiger partial charge in [0.15, 0.2) is 0 Å². The van der Waals surface area contributed by atoms with E-state index in [0.717, 1.165) is 33.4 Å². The van der Waals surface area contributed by atoms with Crippen LogP contribution in [0.5, 0.6) is 11.5 Å². The van der Waals surface area contributed by atoms with Crippen LogP contribution >= 0.6 is 7.60 Å². The van der Waals surface area contributed by atoms with E-state index in [-0.39, 0.29) is 12.8 Å². The molecule has 2 aromatic rings. The molecule has 0 saturated carbocycles. The van der Waals surface area contributed by atoms with E-state index < -0.39 is 7.60 Å². The molecule has 0 aliphatic heterocycles. The molecule has 144 valence electrons. The fourth-order valence-corrected chi connectivity index (χ4v) is 4.92. The van der Waals surface area contributed by atoms with Gasteiger partial charge < -0.3 is 9.05 Å². The minimum atomic E-state index is -3.59. The van der Waals surface area contributed by atoms with Crippen molar-refractivity contribution < 1.29 is 13.6 Å². The number of aryl methyl sites for hydroxylation is 6. The van der Waals surface area contributed by atoms with E-state index in [9.17, 15) is 4.57 Å². The second-order valence-electron chi connectivity index (χ2n) is 6.99. The lowest BCUT2D eigenvalue weighted by Gasteiger charge is -2.24. The lowest BCUT2D eigenvalue weighted by atomic mass is 10.1. The third-order valence-electron chi connectivity index (χ3n) is 4.18. The van der Waals surface area contributed by atoms with Crippen molar-refractivity contribution in [3.05, 3.63) is 57.6 Å². The SMILES string of the molecule is Cc1cc(C)c(OP(=O)(CNCC#N)Oc2c(C)cc(C)cc2C)c(C)c1. The average molecular weight is 386 g/mol. The molecule has 0 saturated heterocycles. The number of nitriles is 1. The molecule has 27 heavy (non-hydrogen) atoms. The van der Waals surface area contributed by atoms with Crippen molar-refractivity contribution in [2.45, 2.75) is 41.5 Å². The summed E-state index contributed by atoms with van der Waals surface area (Å²) in [5.74, 6) is 1.12. The summed E-state index contributed by atoms with van der Waals surface area (Å²) in [5.41, 5.74) is 5.81. The maximum atomic E-state index is 13.6. The first-order valence-corrected chi connectivity index (χ1v) is 10.6. The zero-order valence-electron chi connectivity index (χ0n) is 16.8. The maximum Gasteiger partial charge on any atom is 0.444 e. The van der Waals surface area contributed by atoms with Gasteiger partial charge in [-0.25, -0.2) is 4.57 Å². The molecule has 0 spiro atoms. The van der Waals surface area contributed by atoms with Gasteiger partial charge >= 0.3 is 7.60 Å². The van der Waals surface area contributed by atoms with Crippen molar-refractivity contribution in [1.82, 2.24) is 5.32 Å². The predicted molar refractivity (Wildman–Crippen MR) is 109 cm³/mol. The molecule has 0 aromatic heterocycles. The highest BCUT2D eigenvalue weighted by atomic mass is 31.2. The Balaban J connectivity index is 2.42. The molecule has 0 unspecified atom stereocenters. The van der Waals surface area contributed by atoms with Crippen molar-refractivity contribution in [1.29, 1.82) is 5.26 Å². The highest BCUT2D eigenvalue weighted by Crippen LogP contribution is 2.50. The Kier molecular flexibility index (Phi) is 6.70. The van der Waals surface area contributed by atoms with Gasteiger partial charge in [0.2, 0.25) is 0 Å². The third-order valence-corrected chi connectivity index (χ3v) is 5.71. The van der Waals surface area contributed by atoms with Gasteiger partial charge in [0.1, 0.15) is 17.8 Å². The lowest BCUT2D eigenvalue weighted by molar-refractivity contribution is 0.377. The molecule has 0 radical (unpaired) electrons. The molecule has 2 aromatic carbocycles. The maximum absolute atomic E-state index is 13.6. The Labute approximate surface area is 161 Å². The minimum Gasteiger partial charge on any atom is -0.415 e. The van der Waals surface area contributed by atoms with Gasteiger partial charge in [-0.2, -0.15) is 5.26 Å². The lowest BCUT2D eigenvalue weighted by Crippen LogP contribution is -2.21. The van der Waals surface area contributed by atoms with Gasteiger partial charge in [-0.3, -0.25) is 5.32 Å². The van der Waals surface area contributed by atoms with Gasteiger partial charge in [-0.1, -0.05) is 35.4 Å². The molecule has 0 heterocycles. The fourth-order valence-electron chi connectivity index (χ4n) is 3.23. The smallest absolute Gasteiger partial charge is 0.415 e. The van der Waals surface area contributed by atoms with Crippen LogP contribution in [0, 0.1) is 52.9 Å². The fraction of sp³-hybridized carbons (Fsp3) is 0.381. The molecule has 0 aliphatic carbocycles. The van der Waals surface area contributed by atoms with Crippen LogP contribution in [0.2, 0.25) is 0 Å². The van der Waals surface area contributed by atoms with Gasteiger partial charge in [0, 0.05) is 0 Å². The predicted octanol–water partition coefficient (Wildman–Crippen LogP) is 5.26. The van der Waals surface area contributed by atoms with Crippen LogP contribution in [-0.2, 0) is 4.57 Å². The number of nitrogens with one attached hydrogen (secondary N) is 1. The normalized spacial score (nSPS) is 11.1. The van der Waals surface area contributed by atoms with E-state index in [1.165, 1.54) is 0 Å². The van der Waals surface area contributed by atoms with E-state index in [4.69, 9.17) is 14.3 Å². The zero-order valence-corrected chi connectivity index (χ0v) is 17.7. The first kappa shape index (κ1) is 21.0. The minimum absolute atomic E-state index is 0.0555. The first-order valence-electron chi connectivity index (χ1n) is 8.87. The molecule has 0 atom stereocenters. The van der Waals surface area contributed by atoms with E-state index in [2.05, 4.69) is 5.32 Å². The monoisotopic (exact) mass is 386 g/mol. The van der Waals surface area contributed by atoms with Gasteiger partial charge in [-0.05, 0) is 63.8 Å². The number of hydrogen-bond acceptors (Lipinski definition) is 5. The average Bonchev–Trinajstić information content (AvgIpc) is 2.55. The Morgan fingerprint density at radius 1 is 0.852 bits per heavy atom. The second-order valence-corrected chi connectivity index (χ2v) is 8.90. The van der Waals surface area contributed by atoms with Crippen LogP contribution in [0.3, 0.4) is 0 Å². The zero-order chi connectivity index (χ0) is 20.2. The summed E-state index contributed by atoms with van der Waals surface area (Å²) in [6.07, 6.45) is -0.0555. The van der Waals surface area contributed by atoms with Crippen molar-refractivity contribution in [3.8, 4) is 17.6 Å². The van der Waals surface area contributed by atoms with Gasteiger partial charge in [0.25, 0.3) is 0 Å². The summed E-state index contributed by atoms with van der Waals surface area (Å²) in [4.78, 5) is 0. The molecule has 0 bridgehead atoms. The van der Waals surface area contributed by atoms with Crippen LogP contribution in [-0.4, -0.2) is 12.8 Å². The van der Waals surface area contributed by atoms with E-state index >= 15 is 0 Å². The van der Waals surface area contributed by atoms with Gasteiger partial charge in [-0.15, -0.1) is 0 Å². The van der Waals surface area contributed by atoms with Gasteiger partial charge in [0.05, 0.1) is 12.6 Å². The van der Waals surface area contributed by atoms with E-state index in [1.807, 2.05) is 71.9 Å². The molecule has 2 rings (SSSR count). The van der Waals surface area contributed by atoms with Crippen LogP contribution < -0.4 is 14.4 Å². The molecule has 0 amide bonds. The summed E-state index contributed by atoms with van der Waals surface area (Å²) in [6.45, 7) is 11.8. The van der Waals surface area contributed by atoms with Crippen LogP contribution in [0.1, 0.15) is 33.4 Å². The summed E-state index contributed by atoms with van der Waals surface area (Å²) >= 11 is 0. The molecule has 0 fully saturated rings. The summed E-state index contributed by atoms with van der Waals surface area (Å²) in [5, 5.41) is 11.6. The van der Waals surface area contributed by atoms with Crippen molar-refractivity contribution in [3.63, 3.8) is 0 Å². The molecule has 0 aliphatic rings. The Morgan fingerprint density at radius 3 is 1.56 bits per heavy atom. The highest BCUT2D eigenvalue weighted by molar-refractivity contribution is 7.54. The Bertz CT molecular complexity index is 822. The van der Waals surface area contributed by atoms with Crippen LogP contribution in [0.15, 0.2) is 24.3 Å². The highest BCUT2D eigenvalue weighted by Gasteiger charge is 2.30. The van der Waals surface area contributed by atoms with Crippen molar-refractivity contribution in [2.75, 3.05) is 12.8 Å². The van der Waals surface area contributed by atoms with E-state index in [1.54, 1.807) is 0 Å². The third kappa shape index (κ3) is 5.35. The van der Waals surface area contributed by atoms with E-state index in [0.29, 0.717) is 11.5 Å². The standard InChI is InChI=1S/C21H27N2O3P/c1-14-9-16(3)20(17(4)10-14)25-27(24,13-23-8-7-22)26-21-18(5)11-15(2)12-19(21)6/h9-12,23H,8,13H2,1-6H3. The van der Waals surface area contributed by atoms with Crippen molar-refractivity contribution >= 4 is 7.60 Å². The molecular weight excluding hydrogens is 359 g/mol. The summed E-state index contributed by atoms with van der Waals surface area (Å²) in [6, 6.07) is 9.92. The Hall–Kier alpha value is -2.28. The summed E-state index contributed by atoms with van der Waals surface area (Å²) in [7, 11) is -3.59. The molecule has 5 nitrogen and oxygen atoms in total. The van der Waals surface area contributed by atoms with Crippen LogP contribution in [0.4, 0.5) is 0 Å². The number of nitrogens with zero attached hydrogens (tertiary/aromatic N) is 1. The number of hydrogen-bond donors (Lipinski definition) is 1. The second kappa shape index (κ2) is 8.61. The number of benzene rings is 2. The quantitative estimate of drug-likeness (QED) is 0.399. The molecule has 1 N–H and O–H groups in total. The Morgan fingerprint density at radius 2 is 1.22 bits per heavy atom. The topological polar surface area (TPSA) is 71.3 Å². The summed E-state index contributed by atoms with van der Waals surface area (Å²) < 4.78 is 25.5. The largest absolute Gasteiger partial charge is 0.444 e. The number of rotatable bonds is 7.